The summed E-state index contributed by atoms with van der Waals surface area (Å²) in [5.41, 5.74) is 10.2. The molecule has 1 aliphatic rings. The summed E-state index contributed by atoms with van der Waals surface area (Å²) in [5.74, 6) is 0.589. The van der Waals surface area contributed by atoms with Crippen LogP contribution in [0.4, 0.5) is 5.95 Å². The standard InChI is InChI=1S/C17H18N6/c18-17-19-6-12(7-20-17)8-23-9-14(13-4-2-1-3-5-13)16-15(10-23)21-11-22-16/h1-7,11,14H,8-10H2,(H,21,22)(H2,18,19,20). The molecule has 6 nitrogen and oxygen atoms in total. The molecule has 0 saturated heterocycles. The Bertz CT molecular complexity index is 780. The van der Waals surface area contributed by atoms with E-state index in [2.05, 4.69) is 49.1 Å². The Morgan fingerprint density at radius 3 is 2.70 bits per heavy atom. The Kier molecular flexibility index (Phi) is 3.51. The van der Waals surface area contributed by atoms with E-state index >= 15 is 0 Å². The molecule has 4 rings (SSSR count). The molecule has 1 atom stereocenters. The third-order valence-corrected chi connectivity index (χ3v) is 4.24. The van der Waals surface area contributed by atoms with E-state index in [1.54, 1.807) is 18.7 Å². The Labute approximate surface area is 134 Å². The maximum atomic E-state index is 5.56. The van der Waals surface area contributed by atoms with E-state index in [0.717, 1.165) is 30.9 Å². The molecule has 3 heterocycles. The van der Waals surface area contributed by atoms with Gasteiger partial charge in [-0.05, 0) is 5.56 Å². The SMILES string of the molecule is Nc1ncc(CN2Cc3[nH]cnc3C(c3ccccc3)C2)cn1. The zero-order chi connectivity index (χ0) is 15.6. The number of aromatic amines is 1. The van der Waals surface area contributed by atoms with Crippen LogP contribution in [0.15, 0.2) is 49.1 Å². The van der Waals surface area contributed by atoms with Gasteiger partial charge in [0.2, 0.25) is 5.95 Å². The molecule has 1 unspecified atom stereocenters. The van der Waals surface area contributed by atoms with E-state index in [-0.39, 0.29) is 5.92 Å². The lowest BCUT2D eigenvalue weighted by molar-refractivity contribution is 0.227. The number of nitrogens with one attached hydrogen (secondary N) is 1. The van der Waals surface area contributed by atoms with Gasteiger partial charge in [0.05, 0.1) is 17.7 Å². The molecule has 0 radical (unpaired) electrons. The molecular formula is C17H18N6. The second-order valence-corrected chi connectivity index (χ2v) is 5.85. The van der Waals surface area contributed by atoms with Crippen LogP contribution in [-0.4, -0.2) is 31.4 Å². The summed E-state index contributed by atoms with van der Waals surface area (Å²) >= 11 is 0. The first-order chi connectivity index (χ1) is 11.3. The van der Waals surface area contributed by atoms with Gasteiger partial charge in [0.25, 0.3) is 0 Å². The fourth-order valence-corrected chi connectivity index (χ4v) is 3.17. The van der Waals surface area contributed by atoms with Crippen LogP contribution >= 0.6 is 0 Å². The van der Waals surface area contributed by atoms with Gasteiger partial charge in [-0.2, -0.15) is 0 Å². The first-order valence-electron chi connectivity index (χ1n) is 7.65. The average molecular weight is 306 g/mol. The molecule has 3 aromatic rings. The quantitative estimate of drug-likeness (QED) is 0.772. The first-order valence-corrected chi connectivity index (χ1v) is 7.65. The maximum Gasteiger partial charge on any atom is 0.219 e. The first kappa shape index (κ1) is 13.9. The van der Waals surface area contributed by atoms with Crippen LogP contribution < -0.4 is 5.73 Å². The molecule has 0 amide bonds. The highest BCUT2D eigenvalue weighted by atomic mass is 15.2. The Balaban J connectivity index is 1.61. The van der Waals surface area contributed by atoms with E-state index in [1.807, 2.05) is 6.07 Å². The second kappa shape index (κ2) is 5.81. The van der Waals surface area contributed by atoms with Crippen LogP contribution in [-0.2, 0) is 13.1 Å². The molecule has 0 aliphatic carbocycles. The topological polar surface area (TPSA) is 83.7 Å². The molecular weight excluding hydrogens is 288 g/mol. The number of imidazole rings is 1. The van der Waals surface area contributed by atoms with Gasteiger partial charge in [-0.25, -0.2) is 15.0 Å². The normalized spacial score (nSPS) is 17.8. The molecule has 0 bridgehead atoms. The number of nitrogen functional groups attached to an aromatic ring is 1. The number of hydrogen-bond donors (Lipinski definition) is 2. The predicted molar refractivity (Wildman–Crippen MR) is 87.4 cm³/mol. The van der Waals surface area contributed by atoms with Crippen LogP contribution in [0, 0.1) is 0 Å². The molecule has 1 aliphatic heterocycles. The van der Waals surface area contributed by atoms with Crippen molar-refractivity contribution in [3.05, 3.63) is 71.6 Å². The summed E-state index contributed by atoms with van der Waals surface area (Å²) in [5, 5.41) is 0. The predicted octanol–water partition coefficient (Wildman–Crippen LogP) is 1.93. The highest BCUT2D eigenvalue weighted by Gasteiger charge is 2.28. The van der Waals surface area contributed by atoms with Gasteiger partial charge in [0.15, 0.2) is 0 Å². The van der Waals surface area contributed by atoms with Crippen molar-refractivity contribution < 1.29 is 0 Å². The minimum absolute atomic E-state index is 0.279. The van der Waals surface area contributed by atoms with Crippen molar-refractivity contribution in [3.63, 3.8) is 0 Å². The Morgan fingerprint density at radius 2 is 1.91 bits per heavy atom. The summed E-state index contributed by atoms with van der Waals surface area (Å²) in [6.45, 7) is 2.57. The van der Waals surface area contributed by atoms with E-state index in [0.29, 0.717) is 5.95 Å². The molecule has 0 saturated carbocycles. The summed E-state index contributed by atoms with van der Waals surface area (Å²) in [6.07, 6.45) is 5.38. The third kappa shape index (κ3) is 2.80. The van der Waals surface area contributed by atoms with Crippen molar-refractivity contribution in [3.8, 4) is 0 Å². The fraction of sp³-hybridized carbons (Fsp3) is 0.235. The second-order valence-electron chi connectivity index (χ2n) is 5.85. The minimum Gasteiger partial charge on any atom is -0.368 e. The van der Waals surface area contributed by atoms with Gasteiger partial charge >= 0.3 is 0 Å². The van der Waals surface area contributed by atoms with E-state index in [4.69, 9.17) is 5.73 Å². The highest BCUT2D eigenvalue weighted by molar-refractivity contribution is 5.33. The van der Waals surface area contributed by atoms with Gasteiger partial charge in [-0.15, -0.1) is 0 Å². The number of fused-ring (bicyclic) bond motifs is 1. The summed E-state index contributed by atoms with van der Waals surface area (Å²) in [4.78, 5) is 18.4. The van der Waals surface area contributed by atoms with E-state index in [9.17, 15) is 0 Å². The number of rotatable bonds is 3. The number of benzene rings is 1. The van der Waals surface area contributed by atoms with Gasteiger partial charge in [0.1, 0.15) is 0 Å². The van der Waals surface area contributed by atoms with Crippen LogP contribution in [0.1, 0.15) is 28.4 Å². The number of nitrogens with zero attached hydrogens (tertiary/aromatic N) is 4. The largest absolute Gasteiger partial charge is 0.368 e. The lowest BCUT2D eigenvalue weighted by Crippen LogP contribution is -2.34. The molecule has 116 valence electrons. The van der Waals surface area contributed by atoms with Crippen LogP contribution in [0.25, 0.3) is 0 Å². The van der Waals surface area contributed by atoms with Gasteiger partial charge in [-0.3, -0.25) is 4.90 Å². The minimum atomic E-state index is 0.279. The van der Waals surface area contributed by atoms with Crippen molar-refractivity contribution in [2.45, 2.75) is 19.0 Å². The Morgan fingerprint density at radius 1 is 1.13 bits per heavy atom. The fourth-order valence-electron chi connectivity index (χ4n) is 3.17. The van der Waals surface area contributed by atoms with Crippen LogP contribution in [0.2, 0.25) is 0 Å². The zero-order valence-corrected chi connectivity index (χ0v) is 12.7. The lowest BCUT2D eigenvalue weighted by atomic mass is 9.91. The Hall–Kier alpha value is -2.73. The average Bonchev–Trinajstić information content (AvgIpc) is 3.05. The monoisotopic (exact) mass is 306 g/mol. The number of aromatic nitrogens is 4. The van der Waals surface area contributed by atoms with Crippen molar-refractivity contribution >= 4 is 5.95 Å². The van der Waals surface area contributed by atoms with E-state index in [1.165, 1.54) is 11.3 Å². The van der Waals surface area contributed by atoms with E-state index < -0.39 is 0 Å². The van der Waals surface area contributed by atoms with Gasteiger partial charge < -0.3 is 10.7 Å². The summed E-state index contributed by atoms with van der Waals surface area (Å²) in [7, 11) is 0. The van der Waals surface area contributed by atoms with Crippen molar-refractivity contribution in [1.82, 2.24) is 24.8 Å². The number of nitrogens with two attached hydrogens (primary N) is 1. The number of hydrogen-bond acceptors (Lipinski definition) is 5. The zero-order valence-electron chi connectivity index (χ0n) is 12.7. The van der Waals surface area contributed by atoms with Crippen molar-refractivity contribution in [2.75, 3.05) is 12.3 Å². The lowest BCUT2D eigenvalue weighted by Gasteiger charge is -2.32. The van der Waals surface area contributed by atoms with Crippen LogP contribution in [0.5, 0.6) is 0 Å². The number of anilines is 1. The summed E-state index contributed by atoms with van der Waals surface area (Å²) in [6, 6.07) is 10.5. The molecule has 3 N–H and O–H groups in total. The smallest absolute Gasteiger partial charge is 0.219 e. The molecule has 0 spiro atoms. The van der Waals surface area contributed by atoms with Crippen molar-refractivity contribution in [1.29, 1.82) is 0 Å². The third-order valence-electron chi connectivity index (χ3n) is 4.24. The molecule has 6 heteroatoms. The molecule has 2 aromatic heterocycles. The van der Waals surface area contributed by atoms with Crippen LogP contribution in [0.3, 0.4) is 0 Å². The number of H-pyrrole nitrogens is 1. The molecule has 23 heavy (non-hydrogen) atoms. The van der Waals surface area contributed by atoms with Gasteiger partial charge in [0, 0.05) is 43.5 Å². The van der Waals surface area contributed by atoms with Gasteiger partial charge in [-0.1, -0.05) is 30.3 Å². The summed E-state index contributed by atoms with van der Waals surface area (Å²) < 4.78 is 0. The maximum absolute atomic E-state index is 5.56. The molecule has 0 fully saturated rings. The highest BCUT2D eigenvalue weighted by Crippen LogP contribution is 2.31. The molecule has 1 aromatic carbocycles. The van der Waals surface area contributed by atoms with Crippen molar-refractivity contribution in [2.24, 2.45) is 0 Å².